The largest absolute Gasteiger partial charge is 0.481 e. The van der Waals surface area contributed by atoms with Crippen LogP contribution in [0.5, 0.6) is 0 Å². The number of nitrogens with zero attached hydrogens (tertiary/aromatic N) is 2. The van der Waals surface area contributed by atoms with Crippen molar-refractivity contribution in [3.05, 3.63) is 65.9 Å². The van der Waals surface area contributed by atoms with Crippen LogP contribution < -0.4 is 0 Å². The summed E-state index contributed by atoms with van der Waals surface area (Å²) < 4.78 is 0. The number of thiazole rings is 1. The van der Waals surface area contributed by atoms with Gasteiger partial charge in [-0.05, 0) is 48.5 Å². The zero-order chi connectivity index (χ0) is 21.1. The first kappa shape index (κ1) is 20.8. The molecule has 0 unspecified atom stereocenters. The molecular weight excluding hydrogens is 392 g/mol. The lowest BCUT2D eigenvalue weighted by atomic mass is 9.97. The number of aliphatic carboxylic acids is 1. The number of hydrogen-bond acceptors (Lipinski definition) is 4. The molecule has 3 aromatic rings. The molecule has 1 aliphatic rings. The van der Waals surface area contributed by atoms with Crippen LogP contribution in [0.2, 0.25) is 0 Å². The molecular formula is C25H28N2O2S. The number of hydrogen-bond donors (Lipinski definition) is 1. The highest BCUT2D eigenvalue weighted by atomic mass is 32.1. The standard InChI is InChI=1S/C25H28N2O2S/c1-17(2)19-7-9-20(10-8-19)23-15-26-24(30-23)21-5-3-18(4-6-21)16-27-13-11-22(12-14-27)25(28)29/h3-10,15,17,22H,11-14,16H2,1-2H3,(H,28,29). The Balaban J connectivity index is 1.39. The average molecular weight is 421 g/mol. The van der Waals surface area contributed by atoms with Gasteiger partial charge in [-0.25, -0.2) is 4.98 Å². The molecule has 1 saturated heterocycles. The molecule has 0 spiro atoms. The fraction of sp³-hybridized carbons (Fsp3) is 0.360. The topological polar surface area (TPSA) is 53.4 Å². The van der Waals surface area contributed by atoms with Crippen molar-refractivity contribution in [3.8, 4) is 21.0 Å². The summed E-state index contributed by atoms with van der Waals surface area (Å²) in [6.07, 6.45) is 3.45. The van der Waals surface area contributed by atoms with Crippen molar-refractivity contribution in [3.63, 3.8) is 0 Å². The van der Waals surface area contributed by atoms with Gasteiger partial charge >= 0.3 is 5.97 Å². The Bertz CT molecular complexity index is 985. The van der Waals surface area contributed by atoms with E-state index in [2.05, 4.69) is 72.3 Å². The maximum atomic E-state index is 11.1. The van der Waals surface area contributed by atoms with Gasteiger partial charge in [0.15, 0.2) is 0 Å². The Morgan fingerprint density at radius 2 is 1.70 bits per heavy atom. The van der Waals surface area contributed by atoms with E-state index >= 15 is 0 Å². The van der Waals surface area contributed by atoms with Crippen LogP contribution in [-0.2, 0) is 11.3 Å². The fourth-order valence-corrected chi connectivity index (χ4v) is 4.85. The predicted molar refractivity (Wildman–Crippen MR) is 123 cm³/mol. The van der Waals surface area contributed by atoms with Gasteiger partial charge in [-0.2, -0.15) is 0 Å². The van der Waals surface area contributed by atoms with Gasteiger partial charge < -0.3 is 5.11 Å². The Hall–Kier alpha value is -2.50. The number of aromatic nitrogens is 1. The predicted octanol–water partition coefficient (Wildman–Crippen LogP) is 5.90. The minimum absolute atomic E-state index is 0.177. The summed E-state index contributed by atoms with van der Waals surface area (Å²) in [5, 5.41) is 10.2. The van der Waals surface area contributed by atoms with Gasteiger partial charge in [0.05, 0.1) is 10.8 Å². The molecule has 0 saturated carbocycles. The van der Waals surface area contributed by atoms with E-state index in [1.165, 1.54) is 21.6 Å². The molecule has 0 aliphatic carbocycles. The molecule has 0 amide bonds. The molecule has 5 heteroatoms. The third-order valence-corrected chi connectivity index (χ3v) is 7.01. The Morgan fingerprint density at radius 1 is 1.07 bits per heavy atom. The lowest BCUT2D eigenvalue weighted by Crippen LogP contribution is -2.35. The molecule has 0 radical (unpaired) electrons. The minimum atomic E-state index is -0.655. The monoisotopic (exact) mass is 420 g/mol. The fourth-order valence-electron chi connectivity index (χ4n) is 3.92. The van der Waals surface area contributed by atoms with Crippen molar-refractivity contribution < 1.29 is 9.90 Å². The molecule has 1 aliphatic heterocycles. The van der Waals surface area contributed by atoms with Crippen molar-refractivity contribution in [2.45, 2.75) is 39.2 Å². The van der Waals surface area contributed by atoms with E-state index in [1.807, 2.05) is 6.20 Å². The van der Waals surface area contributed by atoms with Crippen molar-refractivity contribution in [2.24, 2.45) is 5.92 Å². The number of rotatable bonds is 6. The van der Waals surface area contributed by atoms with Crippen molar-refractivity contribution in [2.75, 3.05) is 13.1 Å². The van der Waals surface area contributed by atoms with Crippen LogP contribution in [0.1, 0.15) is 43.7 Å². The van der Waals surface area contributed by atoms with Gasteiger partial charge in [-0.1, -0.05) is 62.4 Å². The zero-order valence-electron chi connectivity index (χ0n) is 17.5. The number of carboxylic acids is 1. The highest BCUT2D eigenvalue weighted by Crippen LogP contribution is 2.33. The van der Waals surface area contributed by atoms with Crippen LogP contribution in [-0.4, -0.2) is 34.0 Å². The molecule has 4 nitrogen and oxygen atoms in total. The molecule has 0 bridgehead atoms. The molecule has 156 valence electrons. The lowest BCUT2D eigenvalue weighted by molar-refractivity contribution is -0.143. The van der Waals surface area contributed by atoms with Gasteiger partial charge in [0.2, 0.25) is 0 Å². The molecule has 2 heterocycles. The second-order valence-electron chi connectivity index (χ2n) is 8.39. The number of likely N-dealkylation sites (tertiary alicyclic amines) is 1. The summed E-state index contributed by atoms with van der Waals surface area (Å²) in [7, 11) is 0. The van der Waals surface area contributed by atoms with E-state index in [4.69, 9.17) is 5.11 Å². The maximum absolute atomic E-state index is 11.1. The van der Waals surface area contributed by atoms with Crippen LogP contribution >= 0.6 is 11.3 Å². The summed E-state index contributed by atoms with van der Waals surface area (Å²) >= 11 is 1.72. The third kappa shape index (κ3) is 4.79. The van der Waals surface area contributed by atoms with Crippen molar-refractivity contribution in [1.82, 2.24) is 9.88 Å². The third-order valence-electron chi connectivity index (χ3n) is 5.91. The SMILES string of the molecule is CC(C)c1ccc(-c2cnc(-c3ccc(CN4CCC(C(=O)O)CC4)cc3)s2)cc1. The van der Waals surface area contributed by atoms with Crippen LogP contribution in [0.15, 0.2) is 54.7 Å². The normalized spacial score (nSPS) is 15.6. The summed E-state index contributed by atoms with van der Waals surface area (Å²) in [6.45, 7) is 7.00. The smallest absolute Gasteiger partial charge is 0.306 e. The van der Waals surface area contributed by atoms with Gasteiger partial charge in [0.1, 0.15) is 5.01 Å². The number of carbonyl (C=O) groups is 1. The van der Waals surface area contributed by atoms with Crippen molar-refractivity contribution in [1.29, 1.82) is 0 Å². The van der Waals surface area contributed by atoms with Crippen LogP contribution in [0, 0.1) is 5.92 Å². The quantitative estimate of drug-likeness (QED) is 0.540. The second-order valence-corrected chi connectivity index (χ2v) is 9.42. The Kier molecular flexibility index (Phi) is 6.30. The van der Waals surface area contributed by atoms with Crippen LogP contribution in [0.4, 0.5) is 0 Å². The van der Waals surface area contributed by atoms with E-state index in [1.54, 1.807) is 11.3 Å². The second kappa shape index (κ2) is 9.11. The first-order valence-corrected chi connectivity index (χ1v) is 11.4. The van der Waals surface area contributed by atoms with E-state index in [0.29, 0.717) is 5.92 Å². The number of benzene rings is 2. The number of carboxylic acid groups (broad SMARTS) is 1. The Labute approximate surface area is 182 Å². The molecule has 1 fully saturated rings. The Morgan fingerprint density at radius 3 is 2.30 bits per heavy atom. The average Bonchev–Trinajstić information content (AvgIpc) is 3.25. The molecule has 1 N–H and O–H groups in total. The van der Waals surface area contributed by atoms with Gasteiger partial charge in [-0.3, -0.25) is 9.69 Å². The zero-order valence-corrected chi connectivity index (χ0v) is 18.4. The van der Waals surface area contributed by atoms with Gasteiger partial charge in [0, 0.05) is 18.3 Å². The summed E-state index contributed by atoms with van der Waals surface area (Å²) in [5.41, 5.74) is 4.96. The summed E-state index contributed by atoms with van der Waals surface area (Å²) in [5.74, 6) is -0.292. The highest BCUT2D eigenvalue weighted by Gasteiger charge is 2.24. The van der Waals surface area contributed by atoms with E-state index in [9.17, 15) is 4.79 Å². The lowest BCUT2D eigenvalue weighted by Gasteiger charge is -2.30. The van der Waals surface area contributed by atoms with Crippen molar-refractivity contribution >= 4 is 17.3 Å². The minimum Gasteiger partial charge on any atom is -0.481 e. The van der Waals surface area contributed by atoms with E-state index in [0.717, 1.165) is 43.0 Å². The molecule has 1 aromatic heterocycles. The summed E-state index contributed by atoms with van der Waals surface area (Å²) in [6, 6.07) is 17.4. The first-order valence-electron chi connectivity index (χ1n) is 10.6. The van der Waals surface area contributed by atoms with Gasteiger partial charge in [-0.15, -0.1) is 11.3 Å². The van der Waals surface area contributed by atoms with E-state index in [-0.39, 0.29) is 5.92 Å². The first-order chi connectivity index (χ1) is 14.5. The molecule has 0 atom stereocenters. The van der Waals surface area contributed by atoms with Crippen LogP contribution in [0.25, 0.3) is 21.0 Å². The summed E-state index contributed by atoms with van der Waals surface area (Å²) in [4.78, 5) is 19.3. The highest BCUT2D eigenvalue weighted by molar-refractivity contribution is 7.18. The van der Waals surface area contributed by atoms with E-state index < -0.39 is 5.97 Å². The molecule has 30 heavy (non-hydrogen) atoms. The molecule has 2 aromatic carbocycles. The van der Waals surface area contributed by atoms with Crippen LogP contribution in [0.3, 0.4) is 0 Å². The maximum Gasteiger partial charge on any atom is 0.306 e. The number of piperidine rings is 1. The van der Waals surface area contributed by atoms with Gasteiger partial charge in [0.25, 0.3) is 0 Å². The molecule has 4 rings (SSSR count).